The lowest BCUT2D eigenvalue weighted by Gasteiger charge is -2.25. The van der Waals surface area contributed by atoms with E-state index in [1.807, 2.05) is 19.0 Å². The van der Waals surface area contributed by atoms with Crippen LogP contribution in [0.25, 0.3) is 0 Å². The number of hydrogen-bond donors (Lipinski definition) is 1. The Hall–Kier alpha value is -1.72. The molecule has 2 heterocycles. The third-order valence-corrected chi connectivity index (χ3v) is 2.05. The highest BCUT2D eigenvalue weighted by Crippen LogP contribution is 2.09. The van der Waals surface area contributed by atoms with E-state index in [4.69, 9.17) is 0 Å². The van der Waals surface area contributed by atoms with Crippen LogP contribution in [0.3, 0.4) is 0 Å². The number of likely N-dealkylation sites (N-methyl/N-ethyl adjacent to an activating group) is 1. The molecule has 6 heteroatoms. The fourth-order valence-electron chi connectivity index (χ4n) is 1.36. The highest BCUT2D eigenvalue weighted by molar-refractivity contribution is 6.24. The highest BCUT2D eigenvalue weighted by atomic mass is 15.3. The molecule has 0 aromatic rings. The molecule has 0 bridgehead atoms. The third kappa shape index (κ3) is 1.28. The van der Waals surface area contributed by atoms with Gasteiger partial charge in [-0.25, -0.2) is 4.99 Å². The molecule has 2 aliphatic heterocycles. The summed E-state index contributed by atoms with van der Waals surface area (Å²) < 4.78 is 0. The van der Waals surface area contributed by atoms with Gasteiger partial charge in [0.05, 0.1) is 0 Å². The molecule has 2 rings (SSSR count). The lowest BCUT2D eigenvalue weighted by Crippen LogP contribution is -2.49. The van der Waals surface area contributed by atoms with Crippen LogP contribution in [-0.2, 0) is 0 Å². The second-order valence-corrected chi connectivity index (χ2v) is 3.22. The van der Waals surface area contributed by atoms with Gasteiger partial charge < -0.3 is 10.2 Å². The topological polar surface area (TPSA) is 64.7 Å². The van der Waals surface area contributed by atoms with Crippen molar-refractivity contribution in [2.75, 3.05) is 21.1 Å². The first-order valence-corrected chi connectivity index (χ1v) is 4.31. The Morgan fingerprint density at radius 3 is 2.93 bits per heavy atom. The predicted molar refractivity (Wildman–Crippen MR) is 57.3 cm³/mol. The van der Waals surface area contributed by atoms with Crippen molar-refractivity contribution in [2.45, 2.75) is 6.04 Å². The van der Waals surface area contributed by atoms with E-state index in [0.29, 0.717) is 5.96 Å². The van der Waals surface area contributed by atoms with Crippen molar-refractivity contribution in [3.8, 4) is 0 Å². The molecule has 0 saturated carbocycles. The van der Waals surface area contributed by atoms with Crippen LogP contribution in [0.2, 0.25) is 0 Å². The van der Waals surface area contributed by atoms with Crippen molar-refractivity contribution in [1.29, 1.82) is 0 Å². The van der Waals surface area contributed by atoms with Gasteiger partial charge in [-0.15, -0.1) is 0 Å². The van der Waals surface area contributed by atoms with Crippen LogP contribution in [0.5, 0.6) is 0 Å². The quantitative estimate of drug-likeness (QED) is 0.554. The SMILES string of the molecule is CN=C1N=C(N(C)C)C2N=CN=C2N1. The molecule has 0 amide bonds. The van der Waals surface area contributed by atoms with E-state index in [9.17, 15) is 0 Å². The first-order valence-electron chi connectivity index (χ1n) is 4.31. The van der Waals surface area contributed by atoms with Crippen molar-refractivity contribution >= 4 is 24.0 Å². The average Bonchev–Trinajstić information content (AvgIpc) is 2.63. The minimum atomic E-state index is -0.0875. The van der Waals surface area contributed by atoms with Gasteiger partial charge >= 0.3 is 0 Å². The zero-order valence-electron chi connectivity index (χ0n) is 8.39. The van der Waals surface area contributed by atoms with E-state index < -0.39 is 0 Å². The number of rotatable bonds is 0. The number of nitrogens with zero attached hydrogens (tertiary/aromatic N) is 5. The van der Waals surface area contributed by atoms with E-state index in [2.05, 4.69) is 25.3 Å². The summed E-state index contributed by atoms with van der Waals surface area (Å²) in [6, 6.07) is -0.0875. The number of fused-ring (bicyclic) bond motifs is 1. The Balaban J connectivity index is 2.40. The van der Waals surface area contributed by atoms with Gasteiger partial charge in [0, 0.05) is 21.1 Å². The Bertz CT molecular complexity index is 362. The first-order chi connectivity index (χ1) is 6.72. The number of guanidine groups is 1. The summed E-state index contributed by atoms with van der Waals surface area (Å²) in [7, 11) is 5.56. The number of aliphatic imine (C=N–C) groups is 4. The molecular weight excluding hydrogens is 180 g/mol. The molecule has 1 unspecified atom stereocenters. The number of amidine groups is 2. The standard InChI is InChI=1S/C8H12N6/c1-9-8-12-6-5(10-4-11-6)7(13-8)14(2)3/h4-5H,1-3H3,(H,9,10,11,12). The van der Waals surface area contributed by atoms with E-state index >= 15 is 0 Å². The van der Waals surface area contributed by atoms with Crippen LogP contribution in [0.15, 0.2) is 20.0 Å². The monoisotopic (exact) mass is 192 g/mol. The van der Waals surface area contributed by atoms with Crippen molar-refractivity contribution in [3.05, 3.63) is 0 Å². The van der Waals surface area contributed by atoms with E-state index in [1.165, 1.54) is 0 Å². The minimum absolute atomic E-state index is 0.0875. The molecule has 0 spiro atoms. The maximum atomic E-state index is 4.33. The zero-order chi connectivity index (χ0) is 10.1. The van der Waals surface area contributed by atoms with Crippen molar-refractivity contribution in [1.82, 2.24) is 10.2 Å². The summed E-state index contributed by atoms with van der Waals surface area (Å²) in [5, 5.41) is 3.01. The molecule has 0 aromatic carbocycles. The summed E-state index contributed by atoms with van der Waals surface area (Å²) in [5.41, 5.74) is 0. The molecule has 14 heavy (non-hydrogen) atoms. The Kier molecular flexibility index (Phi) is 2.03. The van der Waals surface area contributed by atoms with Crippen molar-refractivity contribution in [2.24, 2.45) is 20.0 Å². The minimum Gasteiger partial charge on any atom is -0.364 e. The van der Waals surface area contributed by atoms with Gasteiger partial charge in [-0.3, -0.25) is 9.98 Å². The maximum absolute atomic E-state index is 4.33. The van der Waals surface area contributed by atoms with Crippen LogP contribution >= 0.6 is 0 Å². The number of hydrogen-bond acceptors (Lipinski definition) is 4. The van der Waals surface area contributed by atoms with Crippen molar-refractivity contribution < 1.29 is 0 Å². The van der Waals surface area contributed by atoms with Gasteiger partial charge in [-0.1, -0.05) is 0 Å². The normalized spacial score (nSPS) is 26.8. The second kappa shape index (κ2) is 3.21. The second-order valence-electron chi connectivity index (χ2n) is 3.22. The van der Waals surface area contributed by atoms with Crippen LogP contribution in [0.4, 0.5) is 0 Å². The molecule has 74 valence electrons. The third-order valence-electron chi connectivity index (χ3n) is 2.05. The number of nitrogens with one attached hydrogen (secondary N) is 1. The van der Waals surface area contributed by atoms with Gasteiger partial charge in [0.2, 0.25) is 5.96 Å². The smallest absolute Gasteiger partial charge is 0.225 e. The molecule has 6 nitrogen and oxygen atoms in total. The predicted octanol–water partition coefficient (Wildman–Crippen LogP) is -0.655. The van der Waals surface area contributed by atoms with Gasteiger partial charge in [0.25, 0.3) is 0 Å². The lowest BCUT2D eigenvalue weighted by molar-refractivity contribution is 0.602. The Morgan fingerprint density at radius 2 is 2.29 bits per heavy atom. The summed E-state index contributed by atoms with van der Waals surface area (Å²) in [6.07, 6.45) is 1.55. The van der Waals surface area contributed by atoms with Gasteiger partial charge in [0.1, 0.15) is 18.0 Å². The molecule has 1 atom stereocenters. The molecule has 0 radical (unpaired) electrons. The molecule has 0 aromatic heterocycles. The summed E-state index contributed by atoms with van der Waals surface area (Å²) in [5.74, 6) is 2.23. The van der Waals surface area contributed by atoms with Gasteiger partial charge in [-0.05, 0) is 0 Å². The van der Waals surface area contributed by atoms with Gasteiger partial charge in [-0.2, -0.15) is 4.99 Å². The summed E-state index contributed by atoms with van der Waals surface area (Å²) >= 11 is 0. The molecular formula is C8H12N6. The molecule has 0 aliphatic carbocycles. The van der Waals surface area contributed by atoms with Crippen molar-refractivity contribution in [3.63, 3.8) is 0 Å². The first kappa shape index (κ1) is 8.86. The highest BCUT2D eigenvalue weighted by Gasteiger charge is 2.30. The summed E-state index contributed by atoms with van der Waals surface area (Å²) in [4.78, 5) is 18.6. The van der Waals surface area contributed by atoms with Crippen LogP contribution in [-0.4, -0.2) is 56.1 Å². The fraction of sp³-hybridized carbons (Fsp3) is 0.500. The molecule has 0 fully saturated rings. The lowest BCUT2D eigenvalue weighted by atomic mass is 10.2. The Morgan fingerprint density at radius 1 is 1.50 bits per heavy atom. The van der Waals surface area contributed by atoms with Gasteiger partial charge in [0.15, 0.2) is 6.04 Å². The average molecular weight is 192 g/mol. The van der Waals surface area contributed by atoms with E-state index in [1.54, 1.807) is 13.4 Å². The zero-order valence-corrected chi connectivity index (χ0v) is 8.39. The Labute approximate surface area is 82.2 Å². The van der Waals surface area contributed by atoms with Crippen LogP contribution < -0.4 is 5.32 Å². The van der Waals surface area contributed by atoms with Crippen LogP contribution in [0, 0.1) is 0 Å². The maximum Gasteiger partial charge on any atom is 0.225 e. The molecule has 0 saturated heterocycles. The van der Waals surface area contributed by atoms with Crippen LogP contribution in [0.1, 0.15) is 0 Å². The molecule has 1 N–H and O–H groups in total. The molecule has 2 aliphatic rings. The van der Waals surface area contributed by atoms with E-state index in [-0.39, 0.29) is 6.04 Å². The van der Waals surface area contributed by atoms with E-state index in [0.717, 1.165) is 11.7 Å². The largest absolute Gasteiger partial charge is 0.364 e. The fourth-order valence-corrected chi connectivity index (χ4v) is 1.36. The summed E-state index contributed by atoms with van der Waals surface area (Å²) in [6.45, 7) is 0.